The number of fused-ring (bicyclic) bond motifs is 1. The molecule has 1 aromatic carbocycles. The van der Waals surface area contributed by atoms with Gasteiger partial charge < -0.3 is 10.0 Å². The van der Waals surface area contributed by atoms with Gasteiger partial charge in [0.1, 0.15) is 0 Å². The Morgan fingerprint density at radius 2 is 2.10 bits per heavy atom. The van der Waals surface area contributed by atoms with E-state index in [1.165, 1.54) is 12.1 Å². The molecule has 3 nitrogen and oxygen atoms in total. The molecule has 0 radical (unpaired) electrons. The number of nitrogens with zero attached hydrogens (tertiary/aromatic N) is 1. The van der Waals surface area contributed by atoms with Crippen LogP contribution in [0.5, 0.6) is 0 Å². The Morgan fingerprint density at radius 1 is 1.30 bits per heavy atom. The van der Waals surface area contributed by atoms with Crippen LogP contribution in [-0.2, 0) is 11.2 Å². The largest absolute Gasteiger partial charge is 0.393 e. The maximum atomic E-state index is 13.6. The molecule has 1 N–H and O–H groups in total. The number of aliphatic hydroxyl groups excluding tert-OH is 1. The monoisotopic (exact) mass is 281 g/mol. The predicted molar refractivity (Wildman–Crippen MR) is 68.9 cm³/mol. The molecule has 20 heavy (non-hydrogen) atoms. The van der Waals surface area contributed by atoms with Gasteiger partial charge in [0.2, 0.25) is 5.91 Å². The van der Waals surface area contributed by atoms with Crippen molar-refractivity contribution in [3.63, 3.8) is 0 Å². The molecule has 1 aliphatic carbocycles. The van der Waals surface area contributed by atoms with E-state index in [9.17, 15) is 18.7 Å². The fourth-order valence-electron chi connectivity index (χ4n) is 3.40. The van der Waals surface area contributed by atoms with Crippen LogP contribution in [0.25, 0.3) is 0 Å². The topological polar surface area (TPSA) is 40.5 Å². The summed E-state index contributed by atoms with van der Waals surface area (Å²) in [6.45, 7) is 1.15. The van der Waals surface area contributed by atoms with Crippen LogP contribution < -0.4 is 0 Å². The van der Waals surface area contributed by atoms with E-state index >= 15 is 0 Å². The van der Waals surface area contributed by atoms with Crippen LogP contribution >= 0.6 is 0 Å². The van der Waals surface area contributed by atoms with E-state index in [1.807, 2.05) is 0 Å². The van der Waals surface area contributed by atoms with Gasteiger partial charge in [-0.1, -0.05) is 12.1 Å². The number of amides is 1. The van der Waals surface area contributed by atoms with Gasteiger partial charge in [0.05, 0.1) is 12.5 Å². The molecule has 0 aromatic heterocycles. The van der Waals surface area contributed by atoms with Crippen molar-refractivity contribution in [3.05, 3.63) is 35.4 Å². The third kappa shape index (κ3) is 2.30. The van der Waals surface area contributed by atoms with Crippen molar-refractivity contribution in [2.24, 2.45) is 11.8 Å². The highest BCUT2D eigenvalue weighted by Crippen LogP contribution is 2.38. The summed E-state index contributed by atoms with van der Waals surface area (Å²) in [7, 11) is 0. The lowest BCUT2D eigenvalue weighted by molar-refractivity contribution is -0.129. The van der Waals surface area contributed by atoms with Crippen molar-refractivity contribution in [3.8, 4) is 0 Å². The van der Waals surface area contributed by atoms with Crippen molar-refractivity contribution < 1.29 is 18.7 Å². The van der Waals surface area contributed by atoms with Crippen LogP contribution in [0.4, 0.5) is 8.78 Å². The van der Waals surface area contributed by atoms with Gasteiger partial charge in [0.25, 0.3) is 0 Å². The number of likely N-dealkylation sites (tertiary alicyclic amines) is 1. The SMILES string of the molecule is O=C(Cc1cccc(F)c1F)N1CC2CCC(O)C2C1. The summed E-state index contributed by atoms with van der Waals surface area (Å²) in [5.41, 5.74) is 0.0904. The van der Waals surface area contributed by atoms with Crippen molar-refractivity contribution in [2.45, 2.75) is 25.4 Å². The second-order valence-electron chi connectivity index (χ2n) is 5.76. The summed E-state index contributed by atoms with van der Waals surface area (Å²) < 4.78 is 26.7. The highest BCUT2D eigenvalue weighted by Gasteiger charge is 2.43. The maximum absolute atomic E-state index is 13.6. The summed E-state index contributed by atoms with van der Waals surface area (Å²) in [6, 6.07) is 3.88. The average Bonchev–Trinajstić information content (AvgIpc) is 2.98. The third-order valence-corrected chi connectivity index (χ3v) is 4.55. The molecule has 0 bridgehead atoms. The van der Waals surface area contributed by atoms with Crippen molar-refractivity contribution in [1.29, 1.82) is 0 Å². The Morgan fingerprint density at radius 3 is 2.85 bits per heavy atom. The van der Waals surface area contributed by atoms with Crippen molar-refractivity contribution in [2.75, 3.05) is 13.1 Å². The quantitative estimate of drug-likeness (QED) is 0.897. The second kappa shape index (κ2) is 5.13. The zero-order valence-corrected chi connectivity index (χ0v) is 11.1. The van der Waals surface area contributed by atoms with Gasteiger partial charge in [-0.25, -0.2) is 8.78 Å². The first-order chi connectivity index (χ1) is 9.56. The smallest absolute Gasteiger partial charge is 0.227 e. The number of hydrogen-bond donors (Lipinski definition) is 1. The molecule has 2 fully saturated rings. The van der Waals surface area contributed by atoms with Gasteiger partial charge in [-0.2, -0.15) is 0 Å². The number of carbonyl (C=O) groups is 1. The molecule has 0 spiro atoms. The fraction of sp³-hybridized carbons (Fsp3) is 0.533. The Kier molecular flexibility index (Phi) is 3.46. The minimum absolute atomic E-state index is 0.0904. The summed E-state index contributed by atoms with van der Waals surface area (Å²) in [5.74, 6) is -1.57. The summed E-state index contributed by atoms with van der Waals surface area (Å²) in [4.78, 5) is 13.8. The normalized spacial score (nSPS) is 28.8. The van der Waals surface area contributed by atoms with Crippen LogP contribution in [0.2, 0.25) is 0 Å². The van der Waals surface area contributed by atoms with Crippen LogP contribution in [0.3, 0.4) is 0 Å². The number of rotatable bonds is 2. The van der Waals surface area contributed by atoms with Crippen LogP contribution in [0.15, 0.2) is 18.2 Å². The number of hydrogen-bond acceptors (Lipinski definition) is 2. The molecule has 1 heterocycles. The molecule has 1 aliphatic heterocycles. The van der Waals surface area contributed by atoms with E-state index < -0.39 is 11.6 Å². The third-order valence-electron chi connectivity index (χ3n) is 4.55. The number of carbonyl (C=O) groups excluding carboxylic acids is 1. The van der Waals surface area contributed by atoms with E-state index in [2.05, 4.69) is 0 Å². The molecule has 3 rings (SSSR count). The summed E-state index contributed by atoms with van der Waals surface area (Å²) >= 11 is 0. The number of halogens is 2. The first-order valence-corrected chi connectivity index (χ1v) is 6.95. The van der Waals surface area contributed by atoms with Gasteiger partial charge in [0.15, 0.2) is 11.6 Å². The Hall–Kier alpha value is -1.49. The molecule has 1 saturated heterocycles. The van der Waals surface area contributed by atoms with E-state index in [0.717, 1.165) is 18.9 Å². The summed E-state index contributed by atoms with van der Waals surface area (Å²) in [6.07, 6.45) is 1.28. The lowest BCUT2D eigenvalue weighted by Gasteiger charge is -2.18. The van der Waals surface area contributed by atoms with Crippen LogP contribution in [0, 0.1) is 23.5 Å². The Balaban J connectivity index is 1.67. The molecule has 3 unspecified atom stereocenters. The number of benzene rings is 1. The van der Waals surface area contributed by atoms with E-state index in [0.29, 0.717) is 19.0 Å². The Labute approximate surface area is 116 Å². The minimum atomic E-state index is -0.944. The molecule has 108 valence electrons. The highest BCUT2D eigenvalue weighted by atomic mass is 19.2. The van der Waals surface area contributed by atoms with E-state index in [1.54, 1.807) is 4.90 Å². The molecule has 1 amide bonds. The molecule has 5 heteroatoms. The molecule has 1 saturated carbocycles. The van der Waals surface area contributed by atoms with E-state index in [-0.39, 0.29) is 29.9 Å². The zero-order chi connectivity index (χ0) is 14.3. The predicted octanol–water partition coefficient (Wildman–Crippen LogP) is 1.74. The minimum Gasteiger partial charge on any atom is -0.393 e. The van der Waals surface area contributed by atoms with Gasteiger partial charge in [-0.3, -0.25) is 4.79 Å². The maximum Gasteiger partial charge on any atom is 0.227 e. The molecular weight excluding hydrogens is 264 g/mol. The fourth-order valence-corrected chi connectivity index (χ4v) is 3.40. The summed E-state index contributed by atoms with van der Waals surface area (Å²) in [5, 5.41) is 9.82. The molecule has 1 aromatic rings. The molecule has 2 aliphatic rings. The Bertz CT molecular complexity index is 535. The lowest BCUT2D eigenvalue weighted by atomic mass is 10.00. The van der Waals surface area contributed by atoms with Crippen LogP contribution in [0.1, 0.15) is 18.4 Å². The zero-order valence-electron chi connectivity index (χ0n) is 11.1. The first-order valence-electron chi connectivity index (χ1n) is 6.95. The van der Waals surface area contributed by atoms with E-state index in [4.69, 9.17) is 0 Å². The molecular formula is C15H17F2NO2. The van der Waals surface area contributed by atoms with Gasteiger partial charge in [-0.05, 0) is 24.8 Å². The van der Waals surface area contributed by atoms with Gasteiger partial charge >= 0.3 is 0 Å². The van der Waals surface area contributed by atoms with Crippen molar-refractivity contribution in [1.82, 2.24) is 4.90 Å². The first kappa shape index (κ1) is 13.5. The number of aliphatic hydroxyl groups is 1. The van der Waals surface area contributed by atoms with Crippen LogP contribution in [-0.4, -0.2) is 35.1 Å². The van der Waals surface area contributed by atoms with Crippen molar-refractivity contribution >= 4 is 5.91 Å². The molecule has 3 atom stereocenters. The highest BCUT2D eigenvalue weighted by molar-refractivity contribution is 5.79. The average molecular weight is 281 g/mol. The second-order valence-corrected chi connectivity index (χ2v) is 5.76. The standard InChI is InChI=1S/C15H17F2NO2/c16-12-3-1-2-9(15(12)17)6-14(20)18-7-10-4-5-13(19)11(10)8-18/h1-3,10-11,13,19H,4-8H2. The van der Waals surface area contributed by atoms with Gasteiger partial charge in [-0.15, -0.1) is 0 Å². The lowest BCUT2D eigenvalue weighted by Crippen LogP contribution is -2.32. The van der Waals surface area contributed by atoms with Gasteiger partial charge in [0, 0.05) is 24.6 Å².